The van der Waals surface area contributed by atoms with Gasteiger partial charge in [-0.15, -0.1) is 11.3 Å². The number of thiophene rings is 1. The van der Waals surface area contributed by atoms with Gasteiger partial charge in [0.2, 0.25) is 6.79 Å². The van der Waals surface area contributed by atoms with E-state index in [1.165, 1.54) is 0 Å². The number of ether oxygens (including phenoxy) is 3. The Morgan fingerprint density at radius 3 is 3.00 bits per heavy atom. The van der Waals surface area contributed by atoms with Crippen molar-refractivity contribution in [3.8, 4) is 22.1 Å². The summed E-state index contributed by atoms with van der Waals surface area (Å²) in [4.78, 5) is 13.1. The number of rotatable bonds is 4. The highest BCUT2D eigenvalue weighted by molar-refractivity contribution is 7.13. The Kier molecular flexibility index (Phi) is 3.47. The number of hydrogen-bond donors (Lipinski definition) is 0. The van der Waals surface area contributed by atoms with Gasteiger partial charge >= 0.3 is 5.97 Å². The lowest BCUT2D eigenvalue weighted by Gasteiger charge is -2.03. The highest BCUT2D eigenvalue weighted by Crippen LogP contribution is 2.32. The molecule has 0 amide bonds. The van der Waals surface area contributed by atoms with Crippen molar-refractivity contribution in [2.75, 3.05) is 6.79 Å². The zero-order valence-corrected chi connectivity index (χ0v) is 12.7. The van der Waals surface area contributed by atoms with Crippen LogP contribution in [0.2, 0.25) is 0 Å². The van der Waals surface area contributed by atoms with Gasteiger partial charge in [0.15, 0.2) is 17.3 Å². The van der Waals surface area contributed by atoms with Crippen molar-refractivity contribution >= 4 is 17.3 Å². The fourth-order valence-corrected chi connectivity index (χ4v) is 2.83. The van der Waals surface area contributed by atoms with Gasteiger partial charge in [0.25, 0.3) is 0 Å². The largest absolute Gasteiger partial charge is 0.455 e. The minimum atomic E-state index is -0.455. The first-order chi connectivity index (χ1) is 11.3. The molecular formula is C16H11NO5S. The summed E-state index contributed by atoms with van der Waals surface area (Å²) in [6.07, 6.45) is 0. The van der Waals surface area contributed by atoms with Gasteiger partial charge in [-0.25, -0.2) is 4.79 Å². The van der Waals surface area contributed by atoms with Crippen LogP contribution in [0.5, 0.6) is 11.5 Å². The van der Waals surface area contributed by atoms with Crippen LogP contribution in [0.4, 0.5) is 0 Å². The monoisotopic (exact) mass is 329 g/mol. The number of carbonyl (C=O) groups excluding carboxylic acids is 1. The highest BCUT2D eigenvalue weighted by atomic mass is 32.1. The molecule has 6 nitrogen and oxygen atoms in total. The van der Waals surface area contributed by atoms with E-state index in [9.17, 15) is 4.79 Å². The summed E-state index contributed by atoms with van der Waals surface area (Å²) in [7, 11) is 0. The van der Waals surface area contributed by atoms with Crippen LogP contribution in [-0.2, 0) is 11.3 Å². The Morgan fingerprint density at radius 2 is 2.13 bits per heavy atom. The molecular weight excluding hydrogens is 318 g/mol. The highest BCUT2D eigenvalue weighted by Gasteiger charge is 2.17. The molecule has 2 aromatic heterocycles. The first kappa shape index (κ1) is 13.8. The molecule has 0 aliphatic carbocycles. The van der Waals surface area contributed by atoms with E-state index in [2.05, 4.69) is 5.16 Å². The summed E-state index contributed by atoms with van der Waals surface area (Å²) in [5.41, 5.74) is 0.957. The summed E-state index contributed by atoms with van der Waals surface area (Å²) in [6, 6.07) is 10.6. The Morgan fingerprint density at radius 1 is 1.22 bits per heavy atom. The van der Waals surface area contributed by atoms with Gasteiger partial charge in [0.05, 0.1) is 10.4 Å². The fraction of sp³-hybridized carbons (Fsp3) is 0.125. The molecule has 0 saturated heterocycles. The molecule has 0 fully saturated rings. The Bertz CT molecular complexity index is 840. The molecule has 116 valence electrons. The first-order valence-electron chi connectivity index (χ1n) is 6.86. The first-order valence-corrected chi connectivity index (χ1v) is 7.74. The summed E-state index contributed by atoms with van der Waals surface area (Å²) >= 11 is 1.55. The second kappa shape index (κ2) is 5.77. The quantitative estimate of drug-likeness (QED) is 0.682. The maximum absolute atomic E-state index is 12.1. The Hall–Kier alpha value is -2.80. The lowest BCUT2D eigenvalue weighted by Crippen LogP contribution is -2.05. The molecule has 0 spiro atoms. The lowest BCUT2D eigenvalue weighted by molar-refractivity contribution is 0.0464. The predicted octanol–water partition coefficient (Wildman–Crippen LogP) is 3.49. The number of benzene rings is 1. The van der Waals surface area contributed by atoms with Gasteiger partial charge in [0.1, 0.15) is 12.3 Å². The summed E-state index contributed by atoms with van der Waals surface area (Å²) < 4.78 is 20.9. The van der Waals surface area contributed by atoms with Crippen molar-refractivity contribution in [2.24, 2.45) is 0 Å². The van der Waals surface area contributed by atoms with Crippen LogP contribution < -0.4 is 9.47 Å². The smallest absolute Gasteiger partial charge is 0.338 e. The standard InChI is InChI=1S/C16H11NO5S/c18-16(10-3-4-12-13(6-10)21-9-20-12)19-8-11-7-14(22-17-11)15-2-1-5-23-15/h1-7H,8-9H2. The molecule has 7 heteroatoms. The molecule has 0 unspecified atom stereocenters. The number of nitrogens with zero attached hydrogens (tertiary/aromatic N) is 1. The molecule has 1 aliphatic rings. The van der Waals surface area contributed by atoms with Crippen LogP contribution in [0.3, 0.4) is 0 Å². The number of carbonyl (C=O) groups is 1. The summed E-state index contributed by atoms with van der Waals surface area (Å²) in [5, 5.41) is 5.86. The fourth-order valence-electron chi connectivity index (χ4n) is 2.16. The minimum absolute atomic E-state index is 0.0438. The molecule has 23 heavy (non-hydrogen) atoms. The van der Waals surface area contributed by atoms with Crippen LogP contribution in [0.15, 0.2) is 46.3 Å². The van der Waals surface area contributed by atoms with Crippen LogP contribution in [0.25, 0.3) is 10.6 Å². The Balaban J connectivity index is 1.42. The topological polar surface area (TPSA) is 70.8 Å². The van der Waals surface area contributed by atoms with Crippen molar-refractivity contribution < 1.29 is 23.5 Å². The van der Waals surface area contributed by atoms with Crippen molar-refractivity contribution in [1.29, 1.82) is 0 Å². The van der Waals surface area contributed by atoms with E-state index in [0.29, 0.717) is 28.5 Å². The molecule has 0 atom stereocenters. The molecule has 0 radical (unpaired) electrons. The van der Waals surface area contributed by atoms with Crippen molar-refractivity contribution in [3.05, 3.63) is 53.0 Å². The summed E-state index contributed by atoms with van der Waals surface area (Å²) in [6.45, 7) is 0.209. The van der Waals surface area contributed by atoms with E-state index in [0.717, 1.165) is 4.88 Å². The van der Waals surface area contributed by atoms with Gasteiger partial charge < -0.3 is 18.7 Å². The van der Waals surface area contributed by atoms with Crippen LogP contribution >= 0.6 is 11.3 Å². The van der Waals surface area contributed by atoms with E-state index < -0.39 is 5.97 Å². The van der Waals surface area contributed by atoms with Gasteiger partial charge in [-0.2, -0.15) is 0 Å². The SMILES string of the molecule is O=C(OCc1cc(-c2cccs2)on1)c1ccc2c(c1)OCO2. The van der Waals surface area contributed by atoms with Crippen molar-refractivity contribution in [3.63, 3.8) is 0 Å². The predicted molar refractivity (Wildman–Crippen MR) is 81.5 cm³/mol. The second-order valence-corrected chi connectivity index (χ2v) is 5.75. The third kappa shape index (κ3) is 2.78. The number of fused-ring (bicyclic) bond motifs is 1. The maximum atomic E-state index is 12.1. The zero-order chi connectivity index (χ0) is 15.6. The molecule has 1 aromatic carbocycles. The zero-order valence-electron chi connectivity index (χ0n) is 11.9. The molecule has 1 aliphatic heterocycles. The van der Waals surface area contributed by atoms with E-state index in [4.69, 9.17) is 18.7 Å². The van der Waals surface area contributed by atoms with Crippen molar-refractivity contribution in [1.82, 2.24) is 5.16 Å². The molecule has 4 rings (SSSR count). The van der Waals surface area contributed by atoms with Gasteiger partial charge in [-0.3, -0.25) is 0 Å². The second-order valence-electron chi connectivity index (χ2n) is 4.80. The average Bonchev–Trinajstić information content (AvgIpc) is 3.32. The molecule has 3 aromatic rings. The minimum Gasteiger partial charge on any atom is -0.455 e. The van der Waals surface area contributed by atoms with Gasteiger partial charge in [0, 0.05) is 6.07 Å². The van der Waals surface area contributed by atoms with E-state index in [-0.39, 0.29) is 13.4 Å². The number of hydrogen-bond acceptors (Lipinski definition) is 7. The average molecular weight is 329 g/mol. The lowest BCUT2D eigenvalue weighted by atomic mass is 10.2. The van der Waals surface area contributed by atoms with E-state index in [1.807, 2.05) is 17.5 Å². The van der Waals surface area contributed by atoms with Crippen LogP contribution in [0, 0.1) is 0 Å². The third-order valence-electron chi connectivity index (χ3n) is 3.28. The van der Waals surface area contributed by atoms with Crippen LogP contribution in [0.1, 0.15) is 16.1 Å². The number of esters is 1. The Labute approximate surface area is 135 Å². The third-order valence-corrected chi connectivity index (χ3v) is 4.17. The normalized spacial score (nSPS) is 12.3. The summed E-state index contributed by atoms with van der Waals surface area (Å²) in [5.74, 6) is 1.37. The number of aromatic nitrogens is 1. The van der Waals surface area contributed by atoms with E-state index in [1.54, 1.807) is 35.6 Å². The molecule has 0 N–H and O–H groups in total. The van der Waals surface area contributed by atoms with Gasteiger partial charge in [-0.1, -0.05) is 11.2 Å². The molecule has 3 heterocycles. The van der Waals surface area contributed by atoms with Gasteiger partial charge in [-0.05, 0) is 29.6 Å². The molecule has 0 saturated carbocycles. The van der Waals surface area contributed by atoms with E-state index >= 15 is 0 Å². The maximum Gasteiger partial charge on any atom is 0.338 e. The molecule has 0 bridgehead atoms. The van der Waals surface area contributed by atoms with Crippen molar-refractivity contribution in [2.45, 2.75) is 6.61 Å². The van der Waals surface area contributed by atoms with Crippen LogP contribution in [-0.4, -0.2) is 17.9 Å².